The number of nitrogens with one attached hydrogen (secondary N) is 1. The molecule has 2 rings (SSSR count). The lowest BCUT2D eigenvalue weighted by Gasteiger charge is -2.18. The van der Waals surface area contributed by atoms with Crippen molar-refractivity contribution < 1.29 is 0 Å². The van der Waals surface area contributed by atoms with E-state index < -0.39 is 0 Å². The SMILES string of the molecule is CNC(c1ccc(I)cc1)c1ccc(C)c(C)c1. The summed E-state index contributed by atoms with van der Waals surface area (Å²) in [6.07, 6.45) is 0. The molecule has 0 spiro atoms. The fourth-order valence-corrected chi connectivity index (χ4v) is 2.48. The number of rotatable bonds is 3. The first-order valence-corrected chi connectivity index (χ1v) is 7.19. The van der Waals surface area contributed by atoms with Crippen LogP contribution in [-0.4, -0.2) is 7.05 Å². The molecule has 94 valence electrons. The van der Waals surface area contributed by atoms with Crippen molar-refractivity contribution in [2.75, 3.05) is 7.05 Å². The summed E-state index contributed by atoms with van der Waals surface area (Å²) in [6.45, 7) is 4.32. The lowest BCUT2D eigenvalue weighted by molar-refractivity contribution is 0.691. The van der Waals surface area contributed by atoms with E-state index in [1.165, 1.54) is 25.8 Å². The standard InChI is InChI=1S/C16H18IN/c1-11-4-5-14(10-12(11)2)16(18-3)13-6-8-15(17)9-7-13/h4-10,16,18H,1-3H3. The first kappa shape index (κ1) is 13.6. The van der Waals surface area contributed by atoms with Crippen molar-refractivity contribution in [3.8, 4) is 0 Å². The average Bonchev–Trinajstić information content (AvgIpc) is 2.37. The summed E-state index contributed by atoms with van der Waals surface area (Å²) in [4.78, 5) is 0. The van der Waals surface area contributed by atoms with Gasteiger partial charge in [0.25, 0.3) is 0 Å². The lowest BCUT2D eigenvalue weighted by atomic mass is 9.96. The van der Waals surface area contributed by atoms with Gasteiger partial charge in [-0.25, -0.2) is 0 Å². The molecule has 0 amide bonds. The van der Waals surface area contributed by atoms with Crippen LogP contribution in [0.3, 0.4) is 0 Å². The molecule has 1 atom stereocenters. The molecule has 0 saturated carbocycles. The van der Waals surface area contributed by atoms with Crippen LogP contribution in [0, 0.1) is 17.4 Å². The van der Waals surface area contributed by atoms with E-state index in [9.17, 15) is 0 Å². The van der Waals surface area contributed by atoms with Gasteiger partial charge in [0, 0.05) is 3.57 Å². The van der Waals surface area contributed by atoms with Crippen LogP contribution in [0.2, 0.25) is 0 Å². The van der Waals surface area contributed by atoms with Crippen molar-refractivity contribution in [2.45, 2.75) is 19.9 Å². The molecule has 2 heteroatoms. The van der Waals surface area contributed by atoms with Gasteiger partial charge in [0.05, 0.1) is 6.04 Å². The quantitative estimate of drug-likeness (QED) is 0.817. The second-order valence-corrected chi connectivity index (χ2v) is 5.86. The number of hydrogen-bond acceptors (Lipinski definition) is 1. The highest BCUT2D eigenvalue weighted by molar-refractivity contribution is 14.1. The van der Waals surface area contributed by atoms with E-state index in [0.717, 1.165) is 0 Å². The second-order valence-electron chi connectivity index (χ2n) is 4.62. The second kappa shape index (κ2) is 5.85. The van der Waals surface area contributed by atoms with Gasteiger partial charge in [-0.05, 0) is 77.9 Å². The minimum Gasteiger partial charge on any atom is -0.309 e. The van der Waals surface area contributed by atoms with E-state index in [1.807, 2.05) is 7.05 Å². The van der Waals surface area contributed by atoms with E-state index in [0.29, 0.717) is 0 Å². The van der Waals surface area contributed by atoms with Gasteiger partial charge >= 0.3 is 0 Å². The Hall–Kier alpha value is -0.870. The molecule has 0 aliphatic carbocycles. The first-order chi connectivity index (χ1) is 8.61. The number of halogens is 1. The molecule has 0 aromatic heterocycles. The van der Waals surface area contributed by atoms with Crippen LogP contribution in [0.1, 0.15) is 28.3 Å². The van der Waals surface area contributed by atoms with Crippen LogP contribution in [0.4, 0.5) is 0 Å². The highest BCUT2D eigenvalue weighted by atomic mass is 127. The maximum absolute atomic E-state index is 3.40. The van der Waals surface area contributed by atoms with Crippen molar-refractivity contribution in [3.05, 3.63) is 68.3 Å². The molecule has 2 aromatic carbocycles. The Bertz CT molecular complexity index is 531. The van der Waals surface area contributed by atoms with Gasteiger partial charge in [-0.1, -0.05) is 30.3 Å². The monoisotopic (exact) mass is 351 g/mol. The summed E-state index contributed by atoms with van der Waals surface area (Å²) in [5, 5.41) is 3.40. The fraction of sp³-hybridized carbons (Fsp3) is 0.250. The van der Waals surface area contributed by atoms with Crippen LogP contribution in [0.25, 0.3) is 0 Å². The maximum atomic E-state index is 3.40. The molecule has 0 aliphatic rings. The van der Waals surface area contributed by atoms with E-state index >= 15 is 0 Å². The predicted molar refractivity (Wildman–Crippen MR) is 86.0 cm³/mol. The fourth-order valence-electron chi connectivity index (χ4n) is 2.13. The summed E-state index contributed by atoms with van der Waals surface area (Å²) in [7, 11) is 2.01. The molecule has 1 N–H and O–H groups in total. The third kappa shape index (κ3) is 2.93. The van der Waals surface area contributed by atoms with Crippen LogP contribution in [0.5, 0.6) is 0 Å². The Kier molecular flexibility index (Phi) is 4.40. The van der Waals surface area contributed by atoms with Crippen molar-refractivity contribution in [2.24, 2.45) is 0 Å². The molecule has 0 fully saturated rings. The normalized spacial score (nSPS) is 12.4. The van der Waals surface area contributed by atoms with Crippen molar-refractivity contribution >= 4 is 22.6 Å². The van der Waals surface area contributed by atoms with E-state index in [-0.39, 0.29) is 6.04 Å². The average molecular weight is 351 g/mol. The van der Waals surface area contributed by atoms with Gasteiger partial charge in [-0.15, -0.1) is 0 Å². The molecule has 0 radical (unpaired) electrons. The zero-order valence-electron chi connectivity index (χ0n) is 11.0. The predicted octanol–water partition coefficient (Wildman–Crippen LogP) is 4.22. The van der Waals surface area contributed by atoms with E-state index in [4.69, 9.17) is 0 Å². The Balaban J connectivity index is 2.38. The molecule has 18 heavy (non-hydrogen) atoms. The zero-order chi connectivity index (χ0) is 13.1. The molecule has 2 aromatic rings. The lowest BCUT2D eigenvalue weighted by Crippen LogP contribution is -2.17. The van der Waals surface area contributed by atoms with Crippen LogP contribution < -0.4 is 5.32 Å². The summed E-state index contributed by atoms with van der Waals surface area (Å²) >= 11 is 2.34. The highest BCUT2D eigenvalue weighted by Crippen LogP contribution is 2.24. The van der Waals surface area contributed by atoms with Crippen LogP contribution >= 0.6 is 22.6 Å². The molecular weight excluding hydrogens is 333 g/mol. The summed E-state index contributed by atoms with van der Waals surface area (Å²) in [5.74, 6) is 0. The number of hydrogen-bond donors (Lipinski definition) is 1. The van der Waals surface area contributed by atoms with Gasteiger partial charge in [0.1, 0.15) is 0 Å². The maximum Gasteiger partial charge on any atom is 0.0574 e. The largest absolute Gasteiger partial charge is 0.309 e. The summed E-state index contributed by atoms with van der Waals surface area (Å²) in [6, 6.07) is 15.6. The molecule has 0 heterocycles. The van der Waals surface area contributed by atoms with Gasteiger partial charge in [-0.3, -0.25) is 0 Å². The van der Waals surface area contributed by atoms with Gasteiger partial charge in [0.2, 0.25) is 0 Å². The molecule has 1 unspecified atom stereocenters. The van der Waals surface area contributed by atoms with Crippen molar-refractivity contribution in [1.82, 2.24) is 5.32 Å². The van der Waals surface area contributed by atoms with Crippen molar-refractivity contribution in [1.29, 1.82) is 0 Å². The van der Waals surface area contributed by atoms with E-state index in [1.54, 1.807) is 0 Å². The Labute approximate surface area is 123 Å². The van der Waals surface area contributed by atoms with Gasteiger partial charge in [-0.2, -0.15) is 0 Å². The number of aryl methyl sites for hydroxylation is 2. The molecule has 1 nitrogen and oxygen atoms in total. The summed E-state index contributed by atoms with van der Waals surface area (Å²) < 4.78 is 1.27. The molecule has 0 aliphatic heterocycles. The van der Waals surface area contributed by atoms with Crippen molar-refractivity contribution in [3.63, 3.8) is 0 Å². The van der Waals surface area contributed by atoms with Gasteiger partial charge in [0.15, 0.2) is 0 Å². The topological polar surface area (TPSA) is 12.0 Å². The Morgan fingerprint density at radius 1 is 0.889 bits per heavy atom. The third-order valence-electron chi connectivity index (χ3n) is 3.36. The smallest absolute Gasteiger partial charge is 0.0574 e. The first-order valence-electron chi connectivity index (χ1n) is 6.11. The number of benzene rings is 2. The van der Waals surface area contributed by atoms with Gasteiger partial charge < -0.3 is 5.32 Å². The third-order valence-corrected chi connectivity index (χ3v) is 4.08. The minimum absolute atomic E-state index is 0.265. The van der Waals surface area contributed by atoms with Crippen LogP contribution in [-0.2, 0) is 0 Å². The minimum atomic E-state index is 0.265. The molecular formula is C16H18IN. The van der Waals surface area contributed by atoms with E-state index in [2.05, 4.69) is 84.2 Å². The summed E-state index contributed by atoms with van der Waals surface area (Å²) in [5.41, 5.74) is 5.32. The highest BCUT2D eigenvalue weighted by Gasteiger charge is 2.12. The molecule has 0 bridgehead atoms. The zero-order valence-corrected chi connectivity index (χ0v) is 13.2. The van der Waals surface area contributed by atoms with Crippen LogP contribution in [0.15, 0.2) is 42.5 Å². The molecule has 0 saturated heterocycles. The Morgan fingerprint density at radius 2 is 1.50 bits per heavy atom. The Morgan fingerprint density at radius 3 is 2.06 bits per heavy atom.